The van der Waals surface area contributed by atoms with Crippen molar-refractivity contribution >= 4 is 22.3 Å². The van der Waals surface area contributed by atoms with E-state index in [1.165, 1.54) is 13.0 Å². The Morgan fingerprint density at radius 1 is 1.14 bits per heavy atom. The van der Waals surface area contributed by atoms with Crippen LogP contribution in [-0.4, -0.2) is 10.4 Å². The van der Waals surface area contributed by atoms with E-state index in [9.17, 15) is 13.6 Å². The first-order valence-corrected chi connectivity index (χ1v) is 9.40. The SMILES string of the molecule is C=C(C)/C(=C\C=C/C)c1c(C(C)=O)n(Cc2cc(F)ccc2F)c2ccccc12. The number of hydrogen-bond acceptors (Lipinski definition) is 1. The number of nitrogens with zero attached hydrogens (tertiary/aromatic N) is 1. The molecule has 0 bridgehead atoms. The summed E-state index contributed by atoms with van der Waals surface area (Å²) in [6, 6.07) is 10.9. The van der Waals surface area contributed by atoms with Gasteiger partial charge in [-0.05, 0) is 43.7 Å². The van der Waals surface area contributed by atoms with Gasteiger partial charge in [-0.1, -0.05) is 48.6 Å². The topological polar surface area (TPSA) is 22.0 Å². The van der Waals surface area contributed by atoms with Crippen molar-refractivity contribution in [1.82, 2.24) is 4.57 Å². The lowest BCUT2D eigenvalue weighted by Gasteiger charge is -2.13. The van der Waals surface area contributed by atoms with Crippen LogP contribution in [0.3, 0.4) is 0 Å². The largest absolute Gasteiger partial charge is 0.333 e. The molecule has 4 heteroatoms. The minimum absolute atomic E-state index is 0.0477. The van der Waals surface area contributed by atoms with E-state index in [0.29, 0.717) is 5.69 Å². The van der Waals surface area contributed by atoms with Crippen LogP contribution in [0.2, 0.25) is 0 Å². The van der Waals surface area contributed by atoms with Gasteiger partial charge in [0.1, 0.15) is 11.6 Å². The monoisotopic (exact) mass is 391 g/mol. The van der Waals surface area contributed by atoms with Gasteiger partial charge in [0.05, 0.1) is 12.2 Å². The Kier molecular flexibility index (Phi) is 5.92. The van der Waals surface area contributed by atoms with E-state index in [4.69, 9.17) is 0 Å². The van der Waals surface area contributed by atoms with Crippen LogP contribution in [0.15, 0.2) is 72.8 Å². The van der Waals surface area contributed by atoms with Gasteiger partial charge >= 0.3 is 0 Å². The van der Waals surface area contributed by atoms with Gasteiger partial charge in [-0.2, -0.15) is 0 Å². The maximum atomic E-state index is 14.3. The average molecular weight is 391 g/mol. The highest BCUT2D eigenvalue weighted by atomic mass is 19.1. The van der Waals surface area contributed by atoms with Crippen molar-refractivity contribution < 1.29 is 13.6 Å². The van der Waals surface area contributed by atoms with E-state index in [1.54, 1.807) is 4.57 Å². The number of aromatic nitrogens is 1. The van der Waals surface area contributed by atoms with E-state index >= 15 is 0 Å². The second kappa shape index (κ2) is 8.39. The Morgan fingerprint density at radius 3 is 2.52 bits per heavy atom. The standard InChI is InChI=1S/C25H23F2NO/c1-5-6-9-20(16(2)3)24-21-10-7-8-11-23(21)28(25(24)17(4)29)15-18-14-19(26)12-13-22(18)27/h5-14H,2,15H2,1,3-4H3/b6-5-,20-9+. The van der Waals surface area contributed by atoms with E-state index in [0.717, 1.165) is 39.7 Å². The minimum atomic E-state index is -0.516. The molecule has 2 aromatic carbocycles. The fraction of sp³-hybridized carbons (Fsp3) is 0.160. The van der Waals surface area contributed by atoms with Crippen molar-refractivity contribution in [1.29, 1.82) is 0 Å². The van der Waals surface area contributed by atoms with Gasteiger partial charge < -0.3 is 4.57 Å². The van der Waals surface area contributed by atoms with Crippen molar-refractivity contribution in [3.63, 3.8) is 0 Å². The molecule has 0 unspecified atom stereocenters. The van der Waals surface area contributed by atoms with Gasteiger partial charge in [0.15, 0.2) is 5.78 Å². The molecule has 3 rings (SSSR count). The van der Waals surface area contributed by atoms with Crippen LogP contribution >= 0.6 is 0 Å². The molecule has 1 heterocycles. The van der Waals surface area contributed by atoms with Crippen molar-refractivity contribution in [3.8, 4) is 0 Å². The molecule has 2 nitrogen and oxygen atoms in total. The molecule has 0 radical (unpaired) electrons. The zero-order valence-corrected chi connectivity index (χ0v) is 16.8. The maximum absolute atomic E-state index is 14.3. The zero-order chi connectivity index (χ0) is 21.1. The van der Waals surface area contributed by atoms with E-state index in [1.807, 2.05) is 56.3 Å². The van der Waals surface area contributed by atoms with Gasteiger partial charge in [0.25, 0.3) is 0 Å². The second-order valence-corrected chi connectivity index (χ2v) is 7.01. The van der Waals surface area contributed by atoms with Crippen LogP contribution in [-0.2, 0) is 6.54 Å². The number of para-hydroxylation sites is 1. The molecule has 29 heavy (non-hydrogen) atoms. The maximum Gasteiger partial charge on any atom is 0.176 e. The average Bonchev–Trinajstić information content (AvgIpc) is 2.99. The number of benzene rings is 2. The molecule has 0 aliphatic carbocycles. The molecule has 0 saturated carbocycles. The van der Waals surface area contributed by atoms with Crippen LogP contribution in [0.5, 0.6) is 0 Å². The normalized spacial score (nSPS) is 12.1. The molecule has 0 aliphatic heterocycles. The minimum Gasteiger partial charge on any atom is -0.333 e. The van der Waals surface area contributed by atoms with Crippen LogP contribution in [0.25, 0.3) is 16.5 Å². The third kappa shape index (κ3) is 3.97. The smallest absolute Gasteiger partial charge is 0.176 e. The molecular formula is C25H23F2NO. The molecule has 1 aromatic heterocycles. The number of rotatable bonds is 6. The molecule has 0 amide bonds. The Morgan fingerprint density at radius 2 is 1.86 bits per heavy atom. The van der Waals surface area contributed by atoms with Gasteiger partial charge in [0.2, 0.25) is 0 Å². The number of carbonyl (C=O) groups excluding carboxylic acids is 1. The van der Waals surface area contributed by atoms with Crippen molar-refractivity contribution in [3.05, 3.63) is 101 Å². The molecule has 0 atom stereocenters. The molecule has 0 N–H and O–H groups in total. The summed E-state index contributed by atoms with van der Waals surface area (Å²) in [6.07, 6.45) is 5.72. The second-order valence-electron chi connectivity index (χ2n) is 7.01. The Balaban J connectivity index is 2.37. The summed E-state index contributed by atoms with van der Waals surface area (Å²) in [5.74, 6) is -1.18. The molecule has 0 fully saturated rings. The van der Waals surface area contributed by atoms with Crippen molar-refractivity contribution in [2.24, 2.45) is 0 Å². The van der Waals surface area contributed by atoms with Crippen molar-refractivity contribution in [2.75, 3.05) is 0 Å². The summed E-state index contributed by atoms with van der Waals surface area (Å²) < 4.78 is 29.8. The summed E-state index contributed by atoms with van der Waals surface area (Å²) in [7, 11) is 0. The van der Waals surface area contributed by atoms with E-state index in [2.05, 4.69) is 6.58 Å². The lowest BCUT2D eigenvalue weighted by atomic mass is 9.95. The van der Waals surface area contributed by atoms with Gasteiger partial charge in [0, 0.05) is 29.0 Å². The molecular weight excluding hydrogens is 368 g/mol. The highest BCUT2D eigenvalue weighted by Crippen LogP contribution is 2.36. The van der Waals surface area contributed by atoms with Crippen LogP contribution in [0.1, 0.15) is 42.4 Å². The number of Topliss-reactive ketones (excluding diaryl/α,β-unsaturated/α-hetero) is 1. The highest BCUT2D eigenvalue weighted by molar-refractivity contribution is 6.09. The summed E-state index contributed by atoms with van der Waals surface area (Å²) in [5, 5.41) is 0.869. The van der Waals surface area contributed by atoms with Gasteiger partial charge in [-0.3, -0.25) is 4.79 Å². The number of carbonyl (C=O) groups is 1. The molecule has 148 valence electrons. The lowest BCUT2D eigenvalue weighted by molar-refractivity contribution is 0.100. The number of ketones is 1. The quantitative estimate of drug-likeness (QED) is 0.338. The fourth-order valence-corrected chi connectivity index (χ4v) is 3.57. The summed E-state index contributed by atoms with van der Waals surface area (Å²) in [6.45, 7) is 9.41. The number of halogens is 2. The zero-order valence-electron chi connectivity index (χ0n) is 16.8. The van der Waals surface area contributed by atoms with E-state index < -0.39 is 11.6 Å². The fourth-order valence-electron chi connectivity index (χ4n) is 3.57. The van der Waals surface area contributed by atoms with Crippen LogP contribution in [0.4, 0.5) is 8.78 Å². The molecule has 3 aromatic rings. The van der Waals surface area contributed by atoms with E-state index in [-0.39, 0.29) is 17.9 Å². The van der Waals surface area contributed by atoms with Gasteiger partial charge in [-0.25, -0.2) is 8.78 Å². The number of fused-ring (bicyclic) bond motifs is 1. The summed E-state index contributed by atoms with van der Waals surface area (Å²) in [4.78, 5) is 12.7. The third-order valence-electron chi connectivity index (χ3n) is 4.83. The predicted molar refractivity (Wildman–Crippen MR) is 115 cm³/mol. The highest BCUT2D eigenvalue weighted by Gasteiger charge is 2.23. The molecule has 0 aliphatic rings. The van der Waals surface area contributed by atoms with Gasteiger partial charge in [-0.15, -0.1) is 0 Å². The van der Waals surface area contributed by atoms with Crippen molar-refractivity contribution in [2.45, 2.75) is 27.3 Å². The summed E-state index contributed by atoms with van der Waals surface area (Å²) in [5.41, 5.74) is 3.83. The molecule has 0 saturated heterocycles. The Hall–Kier alpha value is -3.27. The first kappa shape index (κ1) is 20.5. The predicted octanol–water partition coefficient (Wildman–Crippen LogP) is 6.71. The first-order valence-electron chi connectivity index (χ1n) is 9.40. The number of hydrogen-bond donors (Lipinski definition) is 0. The first-order chi connectivity index (χ1) is 13.8. The van der Waals surface area contributed by atoms with Crippen LogP contribution in [0, 0.1) is 11.6 Å². The third-order valence-corrected chi connectivity index (χ3v) is 4.83. The lowest BCUT2D eigenvalue weighted by Crippen LogP contribution is -2.11. The number of allylic oxidation sites excluding steroid dienone is 5. The van der Waals surface area contributed by atoms with Crippen LogP contribution < -0.4 is 0 Å². The summed E-state index contributed by atoms with van der Waals surface area (Å²) >= 11 is 0. The Labute approximate surface area is 169 Å². The molecule has 0 spiro atoms. The Bertz CT molecular complexity index is 1170.